The van der Waals surface area contributed by atoms with Gasteiger partial charge >= 0.3 is 5.97 Å². The quantitative estimate of drug-likeness (QED) is 0.0940. The first-order chi connectivity index (χ1) is 24.8. The summed E-state index contributed by atoms with van der Waals surface area (Å²) in [5, 5.41) is 0. The van der Waals surface area contributed by atoms with E-state index in [1.807, 2.05) is 74.5 Å². The van der Waals surface area contributed by atoms with Gasteiger partial charge in [0.05, 0.1) is 26.7 Å². The Morgan fingerprint density at radius 2 is 1.40 bits per heavy atom. The van der Waals surface area contributed by atoms with Crippen LogP contribution in [0.3, 0.4) is 0 Å². The van der Waals surface area contributed by atoms with Crippen LogP contribution < -0.4 is 14.2 Å². The number of methoxy groups -OCH3 is 3. The van der Waals surface area contributed by atoms with Gasteiger partial charge in [0.2, 0.25) is 5.75 Å². The Morgan fingerprint density at radius 1 is 0.811 bits per heavy atom. The van der Waals surface area contributed by atoms with Crippen molar-refractivity contribution in [2.24, 2.45) is 28.1 Å². The van der Waals surface area contributed by atoms with Crippen LogP contribution in [0, 0.1) is 28.1 Å². The van der Waals surface area contributed by atoms with E-state index in [-0.39, 0.29) is 65.1 Å². The molecule has 2 aliphatic rings. The molecule has 0 aromatic heterocycles. The van der Waals surface area contributed by atoms with Gasteiger partial charge in [-0.25, -0.2) is 4.79 Å². The summed E-state index contributed by atoms with van der Waals surface area (Å²) < 4.78 is 23.2. The lowest BCUT2D eigenvalue weighted by molar-refractivity contribution is -0.178. The van der Waals surface area contributed by atoms with Crippen molar-refractivity contribution in [2.75, 3.05) is 21.3 Å². The van der Waals surface area contributed by atoms with Crippen molar-refractivity contribution >= 4 is 23.3 Å². The molecule has 1 saturated carbocycles. The van der Waals surface area contributed by atoms with Gasteiger partial charge in [-0.3, -0.25) is 14.4 Å². The maximum atomic E-state index is 15.9. The number of carbonyl (C=O) groups excluding carboxylic acids is 4. The van der Waals surface area contributed by atoms with Gasteiger partial charge in [-0.15, -0.1) is 0 Å². The molecule has 53 heavy (non-hydrogen) atoms. The molecule has 1 unspecified atom stereocenters. The first-order valence-corrected chi connectivity index (χ1v) is 18.7. The predicted molar refractivity (Wildman–Crippen MR) is 210 cm³/mol. The van der Waals surface area contributed by atoms with E-state index in [0.717, 1.165) is 22.3 Å². The molecule has 2 aliphatic carbocycles. The van der Waals surface area contributed by atoms with Crippen LogP contribution in [0.5, 0.6) is 17.2 Å². The van der Waals surface area contributed by atoms with Crippen molar-refractivity contribution in [3.05, 3.63) is 75.6 Å². The van der Waals surface area contributed by atoms with Crippen LogP contribution in [0.25, 0.3) is 0 Å². The second kappa shape index (κ2) is 17.3. The van der Waals surface area contributed by atoms with E-state index in [1.165, 1.54) is 27.4 Å². The molecule has 0 amide bonds. The summed E-state index contributed by atoms with van der Waals surface area (Å²) in [7, 11) is 4.31. The Morgan fingerprint density at radius 3 is 1.91 bits per heavy atom. The van der Waals surface area contributed by atoms with Crippen molar-refractivity contribution in [3.63, 3.8) is 0 Å². The third kappa shape index (κ3) is 8.02. The van der Waals surface area contributed by atoms with E-state index in [0.29, 0.717) is 25.0 Å². The summed E-state index contributed by atoms with van der Waals surface area (Å²) >= 11 is 0. The fourth-order valence-corrected chi connectivity index (χ4v) is 8.24. The molecule has 0 N–H and O–H groups in total. The van der Waals surface area contributed by atoms with Gasteiger partial charge in [0.15, 0.2) is 34.3 Å². The molecule has 8 nitrogen and oxygen atoms in total. The van der Waals surface area contributed by atoms with Gasteiger partial charge in [-0.1, -0.05) is 67.4 Å². The number of esters is 1. The van der Waals surface area contributed by atoms with E-state index >= 15 is 14.4 Å². The molecular weight excluding hydrogens is 668 g/mol. The van der Waals surface area contributed by atoms with Gasteiger partial charge in [0, 0.05) is 11.5 Å². The number of benzene rings is 1. The van der Waals surface area contributed by atoms with Gasteiger partial charge < -0.3 is 18.9 Å². The van der Waals surface area contributed by atoms with Crippen molar-refractivity contribution in [1.29, 1.82) is 0 Å². The molecule has 2 bridgehead atoms. The minimum atomic E-state index is -1.96. The molecule has 3 rings (SSSR count). The number of hydrogen-bond donors (Lipinski definition) is 0. The third-order valence-corrected chi connectivity index (χ3v) is 11.1. The first-order valence-electron chi connectivity index (χ1n) is 18.7. The Bertz CT molecular complexity index is 1750. The van der Waals surface area contributed by atoms with E-state index in [4.69, 9.17) is 18.9 Å². The molecule has 0 spiro atoms. The highest BCUT2D eigenvalue weighted by Gasteiger charge is 2.76. The van der Waals surface area contributed by atoms with Crippen molar-refractivity contribution < 1.29 is 38.1 Å². The molecule has 1 fully saturated rings. The monoisotopic (exact) mass is 730 g/mol. The number of Topliss-reactive ketones (excluding diaryl/α,β-unsaturated/α-hetero) is 3. The molecule has 0 radical (unpaired) electrons. The highest BCUT2D eigenvalue weighted by Crippen LogP contribution is 2.68. The van der Waals surface area contributed by atoms with E-state index in [1.54, 1.807) is 19.9 Å². The molecule has 4 atom stereocenters. The normalized spacial score (nSPS) is 23.6. The van der Waals surface area contributed by atoms with Crippen LogP contribution in [-0.4, -0.2) is 44.6 Å². The first kappa shape index (κ1) is 43.2. The number of ether oxygens (including phenoxy) is 4. The average Bonchev–Trinajstić information content (AvgIpc) is 3.08. The van der Waals surface area contributed by atoms with Crippen molar-refractivity contribution in [2.45, 2.75) is 115 Å². The lowest BCUT2D eigenvalue weighted by atomic mass is 9.38. The summed E-state index contributed by atoms with van der Waals surface area (Å²) in [4.78, 5) is 61.4. The largest absolute Gasteiger partial charge is 0.493 e. The summed E-state index contributed by atoms with van der Waals surface area (Å²) in [6, 6.07) is 3.06. The lowest BCUT2D eigenvalue weighted by Crippen LogP contribution is -2.70. The van der Waals surface area contributed by atoms with Crippen LogP contribution in [0.4, 0.5) is 0 Å². The molecule has 1 aromatic carbocycles. The molecule has 0 heterocycles. The van der Waals surface area contributed by atoms with Crippen molar-refractivity contribution in [3.8, 4) is 17.2 Å². The van der Waals surface area contributed by atoms with E-state index in [2.05, 4.69) is 12.2 Å². The SMILES string of the molecule is COc1ccc(C(=O)OC2=C(CC=C(C)C)C(=O)[C@@]3(CC=C(C)C)C[C@H](CC=C(C)C)[C@@](C)(CCC=C(C)C)C2(C(=O)C(C)C)C3=O)c(OC)c1OC. The Labute approximate surface area is 317 Å². The average molecular weight is 731 g/mol. The number of fused-ring (bicyclic) bond motifs is 2. The maximum Gasteiger partial charge on any atom is 0.347 e. The van der Waals surface area contributed by atoms with E-state index < -0.39 is 33.9 Å². The zero-order chi connectivity index (χ0) is 40.1. The zero-order valence-electron chi connectivity index (χ0n) is 34.6. The standard InChI is InChI=1S/C45H62O8/c1-27(2)16-15-24-43(11)32(19-17-28(3)4)26-44(25-23-30(7)8)39(47)34(20-18-29(5)6)40(45(43,42(44)49)38(46)31(9)10)53-41(48)33-21-22-35(50-12)37(52-14)36(33)51-13/h16-18,21-23,31-32H,15,19-20,24-26H2,1-14H3/t32-,43+,44+,45?/m0/s1. The maximum absolute atomic E-state index is 15.9. The number of ketones is 3. The minimum absolute atomic E-state index is 0.00391. The molecule has 1 aromatic rings. The topological polar surface area (TPSA) is 105 Å². The molecule has 8 heteroatoms. The van der Waals surface area contributed by atoms with Gasteiger partial charge in [0.25, 0.3) is 0 Å². The number of hydrogen-bond acceptors (Lipinski definition) is 8. The van der Waals surface area contributed by atoms with Crippen LogP contribution in [0.2, 0.25) is 0 Å². The molecule has 0 saturated heterocycles. The molecular formula is C45H62O8. The highest BCUT2D eigenvalue weighted by molar-refractivity contribution is 6.28. The summed E-state index contributed by atoms with van der Waals surface area (Å²) in [5.74, 6) is -2.57. The molecule has 0 aliphatic heterocycles. The van der Waals surface area contributed by atoms with Crippen molar-refractivity contribution in [1.82, 2.24) is 0 Å². The van der Waals surface area contributed by atoms with Crippen LogP contribution >= 0.6 is 0 Å². The van der Waals surface area contributed by atoms with Crippen LogP contribution in [0.15, 0.2) is 70.1 Å². The highest BCUT2D eigenvalue weighted by atomic mass is 16.5. The minimum Gasteiger partial charge on any atom is -0.493 e. The van der Waals surface area contributed by atoms with Gasteiger partial charge in [-0.2, -0.15) is 0 Å². The number of carbonyl (C=O) groups is 4. The zero-order valence-corrected chi connectivity index (χ0v) is 34.6. The Kier molecular flexibility index (Phi) is 14.1. The smallest absolute Gasteiger partial charge is 0.347 e. The third-order valence-electron chi connectivity index (χ3n) is 11.1. The summed E-state index contributed by atoms with van der Waals surface area (Å²) in [6.45, 7) is 21.4. The fourth-order valence-electron chi connectivity index (χ4n) is 8.24. The second-order valence-electron chi connectivity index (χ2n) is 16.2. The van der Waals surface area contributed by atoms with Crippen LogP contribution in [-0.2, 0) is 19.1 Å². The summed E-state index contributed by atoms with van der Waals surface area (Å²) in [6.07, 6.45) is 10.2. The predicted octanol–water partition coefficient (Wildman–Crippen LogP) is 10.3. The number of allylic oxidation sites excluding steroid dienone is 10. The number of rotatable bonds is 16. The molecule has 290 valence electrons. The summed E-state index contributed by atoms with van der Waals surface area (Å²) in [5.41, 5.74) is -0.237. The Balaban J connectivity index is 2.65. The van der Waals surface area contributed by atoms with Gasteiger partial charge in [0.1, 0.15) is 11.3 Å². The van der Waals surface area contributed by atoms with E-state index in [9.17, 15) is 4.79 Å². The Hall–Kier alpha value is -4.20. The van der Waals surface area contributed by atoms with Crippen LogP contribution in [0.1, 0.15) is 125 Å². The lowest BCUT2D eigenvalue weighted by Gasteiger charge is -2.61. The van der Waals surface area contributed by atoms with Gasteiger partial charge in [-0.05, 0) is 117 Å². The second-order valence-corrected chi connectivity index (χ2v) is 16.2. The fraction of sp³-hybridized carbons (Fsp3) is 0.556.